The van der Waals surface area contributed by atoms with Crippen LogP contribution in [0.2, 0.25) is 0 Å². The number of aromatic amines is 1. The van der Waals surface area contributed by atoms with Gasteiger partial charge in [-0.15, -0.1) is 0 Å². The van der Waals surface area contributed by atoms with E-state index in [0.717, 1.165) is 35.3 Å². The fraction of sp³-hybridized carbons (Fsp3) is 0.200. The van der Waals surface area contributed by atoms with Crippen LogP contribution in [0.4, 0.5) is 0 Å². The SMILES string of the molecule is CCCn1ncc(C(N)=O)c1-c1cc2ccccc2[nH]1. The second-order valence-electron chi connectivity index (χ2n) is 4.76. The summed E-state index contributed by atoms with van der Waals surface area (Å²) in [6.45, 7) is 2.82. The third-order valence-corrected chi connectivity index (χ3v) is 3.33. The van der Waals surface area contributed by atoms with Gasteiger partial charge in [0.2, 0.25) is 0 Å². The lowest BCUT2D eigenvalue weighted by Gasteiger charge is -2.05. The van der Waals surface area contributed by atoms with Gasteiger partial charge < -0.3 is 10.7 Å². The van der Waals surface area contributed by atoms with Gasteiger partial charge in [-0.1, -0.05) is 25.1 Å². The van der Waals surface area contributed by atoms with Crippen molar-refractivity contribution < 1.29 is 4.79 Å². The fourth-order valence-electron chi connectivity index (χ4n) is 2.43. The van der Waals surface area contributed by atoms with E-state index in [1.165, 1.54) is 0 Å². The van der Waals surface area contributed by atoms with E-state index in [0.29, 0.717) is 5.56 Å². The van der Waals surface area contributed by atoms with Gasteiger partial charge in [0.1, 0.15) is 0 Å². The molecule has 0 unspecified atom stereocenters. The summed E-state index contributed by atoms with van der Waals surface area (Å²) in [7, 11) is 0. The molecule has 5 nitrogen and oxygen atoms in total. The lowest BCUT2D eigenvalue weighted by Crippen LogP contribution is -2.12. The molecular formula is C15H16N4O. The Hall–Kier alpha value is -2.56. The van der Waals surface area contributed by atoms with Crippen LogP contribution in [-0.4, -0.2) is 20.7 Å². The summed E-state index contributed by atoms with van der Waals surface area (Å²) in [4.78, 5) is 14.9. The van der Waals surface area contributed by atoms with Gasteiger partial charge in [-0.2, -0.15) is 5.10 Å². The Kier molecular flexibility index (Phi) is 3.02. The number of rotatable bonds is 4. The fourth-order valence-corrected chi connectivity index (χ4v) is 2.43. The van der Waals surface area contributed by atoms with Crippen molar-refractivity contribution in [2.24, 2.45) is 5.73 Å². The quantitative estimate of drug-likeness (QED) is 0.762. The number of fused-ring (bicyclic) bond motifs is 1. The summed E-state index contributed by atoms with van der Waals surface area (Å²) in [5.41, 5.74) is 8.55. The zero-order valence-electron chi connectivity index (χ0n) is 11.3. The highest BCUT2D eigenvalue weighted by Gasteiger charge is 2.18. The number of carbonyl (C=O) groups is 1. The highest BCUT2D eigenvalue weighted by molar-refractivity contribution is 5.99. The van der Waals surface area contributed by atoms with E-state index in [2.05, 4.69) is 17.0 Å². The third-order valence-electron chi connectivity index (χ3n) is 3.33. The van der Waals surface area contributed by atoms with Crippen LogP contribution >= 0.6 is 0 Å². The molecule has 0 saturated heterocycles. The van der Waals surface area contributed by atoms with Crippen LogP contribution in [0.25, 0.3) is 22.3 Å². The van der Waals surface area contributed by atoms with Crippen LogP contribution in [0, 0.1) is 0 Å². The number of hydrogen-bond donors (Lipinski definition) is 2. The van der Waals surface area contributed by atoms with Crippen LogP contribution in [0.1, 0.15) is 23.7 Å². The Balaban J connectivity index is 2.20. The summed E-state index contributed by atoms with van der Waals surface area (Å²) in [5.74, 6) is -0.457. The Bertz CT molecular complexity index is 736. The largest absolute Gasteiger partial charge is 0.365 e. The average molecular weight is 268 g/mol. The molecule has 0 aliphatic carbocycles. The van der Waals surface area contributed by atoms with Gasteiger partial charge in [0.05, 0.1) is 23.1 Å². The molecule has 20 heavy (non-hydrogen) atoms. The molecule has 0 spiro atoms. The Morgan fingerprint density at radius 2 is 2.20 bits per heavy atom. The van der Waals surface area contributed by atoms with Crippen molar-refractivity contribution in [2.45, 2.75) is 19.9 Å². The molecule has 0 fully saturated rings. The standard InChI is InChI=1S/C15H16N4O/c1-2-7-19-14(11(9-17-19)15(16)20)13-8-10-5-3-4-6-12(10)18-13/h3-6,8-9,18H,2,7H2,1H3,(H2,16,20). The van der Waals surface area contributed by atoms with E-state index in [1.54, 1.807) is 6.20 Å². The molecule has 1 amide bonds. The molecule has 2 heterocycles. The summed E-state index contributed by atoms with van der Waals surface area (Å²) in [6, 6.07) is 10.0. The van der Waals surface area contributed by atoms with Gasteiger partial charge in [-0.25, -0.2) is 0 Å². The predicted octanol–water partition coefficient (Wildman–Crippen LogP) is 2.54. The van der Waals surface area contributed by atoms with Crippen LogP contribution in [-0.2, 0) is 6.54 Å². The second-order valence-corrected chi connectivity index (χ2v) is 4.76. The highest BCUT2D eigenvalue weighted by atomic mass is 16.1. The molecule has 102 valence electrons. The van der Waals surface area contributed by atoms with E-state index in [1.807, 2.05) is 35.0 Å². The van der Waals surface area contributed by atoms with Crippen LogP contribution < -0.4 is 5.73 Å². The normalized spacial score (nSPS) is 11.1. The molecule has 3 aromatic rings. The maximum atomic E-state index is 11.6. The molecule has 1 aromatic carbocycles. The molecule has 3 rings (SSSR count). The van der Waals surface area contributed by atoms with Gasteiger partial charge in [0.25, 0.3) is 5.91 Å². The number of H-pyrrole nitrogens is 1. The number of carbonyl (C=O) groups excluding carboxylic acids is 1. The number of para-hydroxylation sites is 1. The van der Waals surface area contributed by atoms with Gasteiger partial charge in [0, 0.05) is 17.4 Å². The third kappa shape index (κ3) is 1.97. The van der Waals surface area contributed by atoms with Crippen LogP contribution in [0.15, 0.2) is 36.5 Å². The second kappa shape index (κ2) is 4.85. The maximum Gasteiger partial charge on any atom is 0.252 e. The number of nitrogens with two attached hydrogens (primary N) is 1. The maximum absolute atomic E-state index is 11.6. The number of nitrogens with one attached hydrogen (secondary N) is 1. The lowest BCUT2D eigenvalue weighted by molar-refractivity contribution is 0.100. The number of aryl methyl sites for hydroxylation is 1. The number of benzene rings is 1. The van der Waals surface area contributed by atoms with Crippen molar-refractivity contribution in [3.8, 4) is 11.4 Å². The van der Waals surface area contributed by atoms with Crippen molar-refractivity contribution in [3.63, 3.8) is 0 Å². The molecule has 0 saturated carbocycles. The Labute approximate surface area is 116 Å². The molecule has 2 aromatic heterocycles. The Morgan fingerprint density at radius 3 is 2.90 bits per heavy atom. The van der Waals surface area contributed by atoms with Gasteiger partial charge in [-0.3, -0.25) is 9.48 Å². The first-order valence-electron chi connectivity index (χ1n) is 6.64. The molecule has 0 aliphatic heterocycles. The van der Waals surface area contributed by atoms with E-state index < -0.39 is 5.91 Å². The minimum Gasteiger partial charge on any atom is -0.365 e. The van der Waals surface area contributed by atoms with Gasteiger partial charge in [0.15, 0.2) is 0 Å². The monoisotopic (exact) mass is 268 g/mol. The number of primary amides is 1. The number of amides is 1. The van der Waals surface area contributed by atoms with E-state index in [-0.39, 0.29) is 0 Å². The van der Waals surface area contributed by atoms with Crippen molar-refractivity contribution in [1.29, 1.82) is 0 Å². The summed E-state index contributed by atoms with van der Waals surface area (Å²) < 4.78 is 1.82. The van der Waals surface area contributed by atoms with Crippen molar-refractivity contribution in [1.82, 2.24) is 14.8 Å². The van der Waals surface area contributed by atoms with Gasteiger partial charge >= 0.3 is 0 Å². The summed E-state index contributed by atoms with van der Waals surface area (Å²) in [5, 5.41) is 5.37. The first-order chi connectivity index (χ1) is 9.70. The molecule has 0 atom stereocenters. The number of aromatic nitrogens is 3. The molecule has 0 aliphatic rings. The van der Waals surface area contributed by atoms with E-state index >= 15 is 0 Å². The highest BCUT2D eigenvalue weighted by Crippen LogP contribution is 2.27. The number of nitrogens with zero attached hydrogens (tertiary/aromatic N) is 2. The van der Waals surface area contributed by atoms with Crippen LogP contribution in [0.5, 0.6) is 0 Å². The zero-order chi connectivity index (χ0) is 14.1. The topological polar surface area (TPSA) is 76.7 Å². The lowest BCUT2D eigenvalue weighted by atomic mass is 10.1. The van der Waals surface area contributed by atoms with Crippen molar-refractivity contribution >= 4 is 16.8 Å². The zero-order valence-corrected chi connectivity index (χ0v) is 11.3. The Morgan fingerprint density at radius 1 is 1.40 bits per heavy atom. The summed E-state index contributed by atoms with van der Waals surface area (Å²) in [6.07, 6.45) is 2.48. The molecule has 5 heteroatoms. The smallest absolute Gasteiger partial charge is 0.252 e. The molecular weight excluding hydrogens is 252 g/mol. The molecule has 3 N–H and O–H groups in total. The molecule has 0 bridgehead atoms. The minimum atomic E-state index is -0.457. The molecule has 0 radical (unpaired) electrons. The van der Waals surface area contributed by atoms with Gasteiger partial charge in [-0.05, 0) is 18.6 Å². The van der Waals surface area contributed by atoms with Crippen molar-refractivity contribution in [2.75, 3.05) is 0 Å². The first-order valence-corrected chi connectivity index (χ1v) is 6.64. The average Bonchev–Trinajstić information content (AvgIpc) is 3.01. The van der Waals surface area contributed by atoms with Crippen molar-refractivity contribution in [3.05, 3.63) is 42.1 Å². The van der Waals surface area contributed by atoms with E-state index in [4.69, 9.17) is 5.73 Å². The summed E-state index contributed by atoms with van der Waals surface area (Å²) >= 11 is 0. The van der Waals surface area contributed by atoms with E-state index in [9.17, 15) is 4.79 Å². The van der Waals surface area contributed by atoms with Crippen LogP contribution in [0.3, 0.4) is 0 Å². The minimum absolute atomic E-state index is 0.449. The number of hydrogen-bond acceptors (Lipinski definition) is 2. The predicted molar refractivity (Wildman–Crippen MR) is 78.3 cm³/mol. The first kappa shape index (κ1) is 12.5.